The van der Waals surface area contributed by atoms with Crippen LogP contribution in [0.4, 0.5) is 0 Å². The minimum atomic E-state index is -0.574. The zero-order valence-corrected chi connectivity index (χ0v) is 17.4. The summed E-state index contributed by atoms with van der Waals surface area (Å²) in [6, 6.07) is 12.4. The lowest BCUT2D eigenvalue weighted by molar-refractivity contribution is -0.140. The highest BCUT2D eigenvalue weighted by Gasteiger charge is 2.25. The molecule has 7 heteroatoms. The van der Waals surface area contributed by atoms with Crippen LogP contribution >= 0.6 is 11.6 Å². The molecule has 0 spiro atoms. The standard InChI is InChI=1S/C22H25ClN2O4/c1-3-24-22(27)15(2)25(13-17-4-8-18(23)9-5-17)21(26)11-7-16-6-10-19-20(12-16)29-14-28-19/h4-6,8-10,12,15H,3,7,11,13-14H2,1-2H3,(H,24,27)/t15-/m0/s1. The molecule has 154 valence electrons. The molecule has 29 heavy (non-hydrogen) atoms. The molecule has 1 atom stereocenters. The third kappa shape index (κ3) is 5.41. The average molecular weight is 417 g/mol. The summed E-state index contributed by atoms with van der Waals surface area (Å²) < 4.78 is 10.7. The van der Waals surface area contributed by atoms with Crippen molar-refractivity contribution in [1.29, 1.82) is 0 Å². The Bertz CT molecular complexity index is 870. The third-order valence-electron chi connectivity index (χ3n) is 4.85. The number of likely N-dealkylation sites (N-methyl/N-ethyl adjacent to an activating group) is 1. The van der Waals surface area contributed by atoms with E-state index in [4.69, 9.17) is 21.1 Å². The number of aryl methyl sites for hydroxylation is 1. The molecule has 0 radical (unpaired) electrons. The van der Waals surface area contributed by atoms with Gasteiger partial charge in [0.05, 0.1) is 0 Å². The molecule has 0 bridgehead atoms. The molecule has 6 nitrogen and oxygen atoms in total. The largest absolute Gasteiger partial charge is 0.454 e. The van der Waals surface area contributed by atoms with Gasteiger partial charge in [-0.15, -0.1) is 0 Å². The van der Waals surface area contributed by atoms with Crippen LogP contribution in [-0.4, -0.2) is 36.1 Å². The summed E-state index contributed by atoms with van der Waals surface area (Å²) in [6.45, 7) is 4.68. The van der Waals surface area contributed by atoms with Gasteiger partial charge in [0.25, 0.3) is 0 Å². The van der Waals surface area contributed by atoms with E-state index in [9.17, 15) is 9.59 Å². The van der Waals surface area contributed by atoms with Crippen LogP contribution in [0.2, 0.25) is 5.02 Å². The van der Waals surface area contributed by atoms with Gasteiger partial charge in [0, 0.05) is 24.5 Å². The number of benzene rings is 2. The van der Waals surface area contributed by atoms with Crippen LogP contribution in [0.15, 0.2) is 42.5 Å². The molecule has 1 aliphatic heterocycles. The van der Waals surface area contributed by atoms with Crippen molar-refractivity contribution >= 4 is 23.4 Å². The minimum absolute atomic E-state index is 0.0867. The number of hydrogen-bond donors (Lipinski definition) is 1. The zero-order valence-electron chi connectivity index (χ0n) is 16.6. The van der Waals surface area contributed by atoms with Gasteiger partial charge in [0.15, 0.2) is 11.5 Å². The summed E-state index contributed by atoms with van der Waals surface area (Å²) in [5.74, 6) is 1.16. The summed E-state index contributed by atoms with van der Waals surface area (Å²) in [6.07, 6.45) is 0.839. The van der Waals surface area contributed by atoms with E-state index in [1.165, 1.54) is 0 Å². The molecule has 2 aromatic carbocycles. The van der Waals surface area contributed by atoms with Crippen molar-refractivity contribution in [3.8, 4) is 11.5 Å². The van der Waals surface area contributed by atoms with Crippen LogP contribution in [-0.2, 0) is 22.6 Å². The van der Waals surface area contributed by atoms with E-state index in [1.807, 2.05) is 37.3 Å². The van der Waals surface area contributed by atoms with Crippen LogP contribution in [0.3, 0.4) is 0 Å². The number of carbonyl (C=O) groups excluding carboxylic acids is 2. The molecular formula is C22H25ClN2O4. The number of amides is 2. The van der Waals surface area contributed by atoms with Gasteiger partial charge in [-0.2, -0.15) is 0 Å². The van der Waals surface area contributed by atoms with Crippen LogP contribution in [0.1, 0.15) is 31.4 Å². The predicted octanol–water partition coefficient (Wildman–Crippen LogP) is 3.55. The molecule has 1 heterocycles. The summed E-state index contributed by atoms with van der Waals surface area (Å²) in [5, 5.41) is 3.42. The van der Waals surface area contributed by atoms with E-state index in [2.05, 4.69) is 5.32 Å². The van der Waals surface area contributed by atoms with Crippen molar-refractivity contribution < 1.29 is 19.1 Å². The Hall–Kier alpha value is -2.73. The van der Waals surface area contributed by atoms with Crippen molar-refractivity contribution in [1.82, 2.24) is 10.2 Å². The smallest absolute Gasteiger partial charge is 0.242 e. The highest BCUT2D eigenvalue weighted by atomic mass is 35.5. The Morgan fingerprint density at radius 1 is 1.10 bits per heavy atom. The first-order valence-electron chi connectivity index (χ1n) is 9.68. The Balaban J connectivity index is 1.70. The molecule has 0 aliphatic carbocycles. The fourth-order valence-corrected chi connectivity index (χ4v) is 3.31. The van der Waals surface area contributed by atoms with E-state index in [0.717, 1.165) is 11.1 Å². The van der Waals surface area contributed by atoms with Gasteiger partial charge in [-0.05, 0) is 55.7 Å². The normalized spacial score (nSPS) is 13.1. The van der Waals surface area contributed by atoms with E-state index in [1.54, 1.807) is 24.0 Å². The van der Waals surface area contributed by atoms with Gasteiger partial charge in [0.2, 0.25) is 18.6 Å². The molecular weight excluding hydrogens is 392 g/mol. The highest BCUT2D eigenvalue weighted by molar-refractivity contribution is 6.30. The maximum Gasteiger partial charge on any atom is 0.242 e. The molecule has 3 rings (SSSR count). The van der Waals surface area contributed by atoms with E-state index >= 15 is 0 Å². The lowest BCUT2D eigenvalue weighted by Gasteiger charge is -2.29. The van der Waals surface area contributed by atoms with Gasteiger partial charge < -0.3 is 19.7 Å². The molecule has 0 saturated carbocycles. The van der Waals surface area contributed by atoms with Gasteiger partial charge in [0.1, 0.15) is 6.04 Å². The third-order valence-corrected chi connectivity index (χ3v) is 5.10. The summed E-state index contributed by atoms with van der Waals surface area (Å²) in [5.41, 5.74) is 1.90. The lowest BCUT2D eigenvalue weighted by Crippen LogP contribution is -2.47. The van der Waals surface area contributed by atoms with Gasteiger partial charge in [-0.1, -0.05) is 29.8 Å². The predicted molar refractivity (Wildman–Crippen MR) is 111 cm³/mol. The van der Waals surface area contributed by atoms with E-state index in [0.29, 0.717) is 36.0 Å². The molecule has 2 aromatic rings. The fraction of sp³-hybridized carbons (Fsp3) is 0.364. The minimum Gasteiger partial charge on any atom is -0.454 e. The number of ether oxygens (including phenoxy) is 2. The fourth-order valence-electron chi connectivity index (χ4n) is 3.18. The second-order valence-electron chi connectivity index (χ2n) is 6.91. The summed E-state index contributed by atoms with van der Waals surface area (Å²) in [7, 11) is 0. The van der Waals surface area contributed by atoms with Crippen LogP contribution in [0.25, 0.3) is 0 Å². The van der Waals surface area contributed by atoms with Crippen LogP contribution < -0.4 is 14.8 Å². The van der Waals surface area contributed by atoms with Gasteiger partial charge >= 0.3 is 0 Å². The number of nitrogens with one attached hydrogen (secondary N) is 1. The number of carbonyl (C=O) groups is 2. The Morgan fingerprint density at radius 2 is 1.79 bits per heavy atom. The first kappa shape index (κ1) is 21.0. The lowest BCUT2D eigenvalue weighted by atomic mass is 10.1. The van der Waals surface area contributed by atoms with Crippen molar-refractivity contribution in [3.63, 3.8) is 0 Å². The Kier molecular flexibility index (Phi) is 6.99. The van der Waals surface area contributed by atoms with Gasteiger partial charge in [-0.25, -0.2) is 0 Å². The number of hydrogen-bond acceptors (Lipinski definition) is 4. The van der Waals surface area contributed by atoms with Crippen molar-refractivity contribution in [2.75, 3.05) is 13.3 Å². The summed E-state index contributed by atoms with van der Waals surface area (Å²) in [4.78, 5) is 27.0. The monoisotopic (exact) mass is 416 g/mol. The highest BCUT2D eigenvalue weighted by Crippen LogP contribution is 2.32. The van der Waals surface area contributed by atoms with Crippen LogP contribution in [0, 0.1) is 0 Å². The molecule has 0 unspecified atom stereocenters. The molecule has 1 aliphatic rings. The zero-order chi connectivity index (χ0) is 20.8. The molecule has 1 N–H and O–H groups in total. The van der Waals surface area contributed by atoms with Gasteiger partial charge in [-0.3, -0.25) is 9.59 Å². The number of rotatable bonds is 8. The summed E-state index contributed by atoms with van der Waals surface area (Å²) >= 11 is 5.96. The number of nitrogens with zero attached hydrogens (tertiary/aromatic N) is 1. The first-order valence-corrected chi connectivity index (χ1v) is 10.1. The maximum absolute atomic E-state index is 13.0. The second kappa shape index (κ2) is 9.65. The van der Waals surface area contributed by atoms with E-state index < -0.39 is 6.04 Å². The topological polar surface area (TPSA) is 67.9 Å². The van der Waals surface area contributed by atoms with E-state index in [-0.39, 0.29) is 25.0 Å². The quantitative estimate of drug-likeness (QED) is 0.714. The average Bonchev–Trinajstić information content (AvgIpc) is 3.19. The maximum atomic E-state index is 13.0. The molecule has 0 aromatic heterocycles. The molecule has 0 fully saturated rings. The Morgan fingerprint density at radius 3 is 2.52 bits per heavy atom. The van der Waals surface area contributed by atoms with Crippen LogP contribution in [0.5, 0.6) is 11.5 Å². The van der Waals surface area contributed by atoms with Crippen molar-refractivity contribution in [3.05, 3.63) is 58.6 Å². The molecule has 0 saturated heterocycles. The van der Waals surface area contributed by atoms with Crippen molar-refractivity contribution in [2.24, 2.45) is 0 Å². The van der Waals surface area contributed by atoms with Crippen molar-refractivity contribution in [2.45, 2.75) is 39.3 Å². The SMILES string of the molecule is CCNC(=O)[C@H](C)N(Cc1ccc(Cl)cc1)C(=O)CCc1ccc2c(c1)OCO2. The second-order valence-corrected chi connectivity index (χ2v) is 7.34. The number of halogens is 1. The number of fused-ring (bicyclic) bond motifs is 1. The Labute approximate surface area is 175 Å². The first-order chi connectivity index (χ1) is 14.0. The molecule has 2 amide bonds.